The Morgan fingerprint density at radius 3 is 2.62 bits per heavy atom. The molecule has 0 aliphatic carbocycles. The number of benzene rings is 1. The van der Waals surface area contributed by atoms with Crippen LogP contribution in [0.25, 0.3) is 0 Å². The van der Waals surface area contributed by atoms with Crippen LogP contribution in [-0.2, 0) is 14.8 Å². The maximum absolute atomic E-state index is 12.5. The van der Waals surface area contributed by atoms with Crippen LogP contribution in [0.5, 0.6) is 5.75 Å². The van der Waals surface area contributed by atoms with Crippen molar-refractivity contribution in [3.8, 4) is 5.75 Å². The molecule has 0 spiro atoms. The van der Waals surface area contributed by atoms with Crippen molar-refractivity contribution in [1.29, 1.82) is 0 Å². The summed E-state index contributed by atoms with van der Waals surface area (Å²) in [6, 6.07) is 6.70. The van der Waals surface area contributed by atoms with Gasteiger partial charge >= 0.3 is 0 Å². The molecule has 2 rings (SSSR count). The summed E-state index contributed by atoms with van der Waals surface area (Å²) in [6.07, 6.45) is 0. The Balaban J connectivity index is 2.06. The molecule has 0 amide bonds. The van der Waals surface area contributed by atoms with Crippen molar-refractivity contribution in [2.24, 2.45) is 0 Å². The van der Waals surface area contributed by atoms with E-state index in [9.17, 15) is 8.42 Å². The zero-order valence-electron chi connectivity index (χ0n) is 12.4. The second-order valence-electron chi connectivity index (χ2n) is 5.03. The number of piperazine rings is 1. The number of methoxy groups -OCH3 is 1. The fourth-order valence-corrected chi connectivity index (χ4v) is 3.74. The normalized spacial score (nSPS) is 20.4. The van der Waals surface area contributed by atoms with Gasteiger partial charge in [0.1, 0.15) is 12.4 Å². The van der Waals surface area contributed by atoms with E-state index in [4.69, 9.17) is 9.47 Å². The standard InChI is InChI=1S/C14H22N2O4S/c1-12-11-16(8-7-15-12)21(17,18)14-5-3-13(4-6-14)20-10-9-19-2/h3-6,12,15H,7-11H2,1-2H3/t12-/m1/s1. The SMILES string of the molecule is COCCOc1ccc(S(=O)(=O)N2CCN[C@H](C)C2)cc1. The van der Waals surface area contributed by atoms with Crippen LogP contribution >= 0.6 is 0 Å². The topological polar surface area (TPSA) is 67.9 Å². The molecule has 21 heavy (non-hydrogen) atoms. The molecule has 1 aliphatic rings. The van der Waals surface area contributed by atoms with E-state index in [0.29, 0.717) is 43.5 Å². The zero-order chi connectivity index (χ0) is 15.3. The highest BCUT2D eigenvalue weighted by molar-refractivity contribution is 7.89. The maximum Gasteiger partial charge on any atom is 0.243 e. The predicted octanol–water partition coefficient (Wildman–Crippen LogP) is 0.694. The molecule has 1 saturated heterocycles. The second kappa shape index (κ2) is 7.22. The van der Waals surface area contributed by atoms with Crippen molar-refractivity contribution in [3.05, 3.63) is 24.3 Å². The summed E-state index contributed by atoms with van der Waals surface area (Å²) < 4.78 is 36.9. The first kappa shape index (κ1) is 16.2. The summed E-state index contributed by atoms with van der Waals surface area (Å²) in [5.41, 5.74) is 0. The van der Waals surface area contributed by atoms with E-state index in [1.165, 1.54) is 4.31 Å². The van der Waals surface area contributed by atoms with Crippen molar-refractivity contribution in [2.75, 3.05) is 40.0 Å². The van der Waals surface area contributed by atoms with Crippen molar-refractivity contribution >= 4 is 10.0 Å². The van der Waals surface area contributed by atoms with Crippen LogP contribution in [0.3, 0.4) is 0 Å². The van der Waals surface area contributed by atoms with Gasteiger partial charge in [-0.3, -0.25) is 0 Å². The fraction of sp³-hybridized carbons (Fsp3) is 0.571. The molecule has 0 radical (unpaired) electrons. The van der Waals surface area contributed by atoms with Crippen LogP contribution in [0.2, 0.25) is 0 Å². The van der Waals surface area contributed by atoms with Gasteiger partial charge in [-0.2, -0.15) is 4.31 Å². The van der Waals surface area contributed by atoms with E-state index < -0.39 is 10.0 Å². The van der Waals surface area contributed by atoms with Gasteiger partial charge in [0, 0.05) is 32.8 Å². The molecule has 1 N–H and O–H groups in total. The lowest BCUT2D eigenvalue weighted by Gasteiger charge is -2.31. The van der Waals surface area contributed by atoms with Crippen LogP contribution in [-0.4, -0.2) is 58.7 Å². The summed E-state index contributed by atoms with van der Waals surface area (Å²) >= 11 is 0. The Labute approximate surface area is 126 Å². The van der Waals surface area contributed by atoms with E-state index in [0.717, 1.165) is 0 Å². The third kappa shape index (κ3) is 4.16. The first-order valence-corrected chi connectivity index (χ1v) is 8.43. The quantitative estimate of drug-likeness (QED) is 0.783. The van der Waals surface area contributed by atoms with Crippen LogP contribution in [0.1, 0.15) is 6.92 Å². The molecule has 1 heterocycles. The third-order valence-corrected chi connectivity index (χ3v) is 5.23. The van der Waals surface area contributed by atoms with Crippen molar-refractivity contribution < 1.29 is 17.9 Å². The molecule has 1 aromatic carbocycles. The Hall–Kier alpha value is -1.15. The van der Waals surface area contributed by atoms with Crippen molar-refractivity contribution in [1.82, 2.24) is 9.62 Å². The van der Waals surface area contributed by atoms with Gasteiger partial charge in [0.2, 0.25) is 10.0 Å². The zero-order valence-corrected chi connectivity index (χ0v) is 13.2. The molecule has 6 nitrogen and oxygen atoms in total. The molecule has 0 saturated carbocycles. The Bertz CT molecular complexity index is 545. The largest absolute Gasteiger partial charge is 0.491 e. The monoisotopic (exact) mass is 314 g/mol. The summed E-state index contributed by atoms with van der Waals surface area (Å²) in [5.74, 6) is 0.639. The van der Waals surface area contributed by atoms with E-state index in [1.54, 1.807) is 31.4 Å². The predicted molar refractivity (Wildman–Crippen MR) is 80.0 cm³/mol. The lowest BCUT2D eigenvalue weighted by Crippen LogP contribution is -2.51. The Morgan fingerprint density at radius 1 is 1.29 bits per heavy atom. The molecule has 1 aromatic rings. The molecule has 1 fully saturated rings. The fourth-order valence-electron chi connectivity index (χ4n) is 2.22. The van der Waals surface area contributed by atoms with E-state index in [-0.39, 0.29) is 6.04 Å². The van der Waals surface area contributed by atoms with Gasteiger partial charge in [-0.15, -0.1) is 0 Å². The summed E-state index contributed by atoms with van der Waals surface area (Å²) in [7, 11) is -1.82. The highest BCUT2D eigenvalue weighted by Crippen LogP contribution is 2.20. The lowest BCUT2D eigenvalue weighted by atomic mass is 10.3. The average molecular weight is 314 g/mol. The molecule has 7 heteroatoms. The minimum Gasteiger partial charge on any atom is -0.491 e. The molecule has 0 aromatic heterocycles. The summed E-state index contributed by atoms with van der Waals surface area (Å²) in [5, 5.41) is 3.24. The molecular weight excluding hydrogens is 292 g/mol. The Kier molecular flexibility index (Phi) is 5.58. The van der Waals surface area contributed by atoms with Gasteiger partial charge in [0.25, 0.3) is 0 Å². The highest BCUT2D eigenvalue weighted by Gasteiger charge is 2.28. The smallest absolute Gasteiger partial charge is 0.243 e. The molecule has 0 unspecified atom stereocenters. The van der Waals surface area contributed by atoms with Gasteiger partial charge < -0.3 is 14.8 Å². The minimum atomic E-state index is -3.42. The Morgan fingerprint density at radius 2 is 2.00 bits per heavy atom. The van der Waals surface area contributed by atoms with Gasteiger partial charge in [-0.1, -0.05) is 0 Å². The lowest BCUT2D eigenvalue weighted by molar-refractivity contribution is 0.146. The molecule has 118 valence electrons. The molecule has 0 bridgehead atoms. The maximum atomic E-state index is 12.5. The number of nitrogens with one attached hydrogen (secondary N) is 1. The summed E-state index contributed by atoms with van der Waals surface area (Å²) in [4.78, 5) is 0.302. The third-order valence-electron chi connectivity index (χ3n) is 3.35. The summed E-state index contributed by atoms with van der Waals surface area (Å²) in [6.45, 7) is 4.59. The van der Waals surface area contributed by atoms with E-state index in [1.807, 2.05) is 6.92 Å². The van der Waals surface area contributed by atoms with Crippen molar-refractivity contribution in [2.45, 2.75) is 17.9 Å². The van der Waals surface area contributed by atoms with E-state index in [2.05, 4.69) is 5.32 Å². The number of ether oxygens (including phenoxy) is 2. The van der Waals surface area contributed by atoms with Crippen molar-refractivity contribution in [3.63, 3.8) is 0 Å². The van der Waals surface area contributed by atoms with Gasteiger partial charge in [0.05, 0.1) is 11.5 Å². The van der Waals surface area contributed by atoms with Gasteiger partial charge in [-0.05, 0) is 31.2 Å². The number of hydrogen-bond acceptors (Lipinski definition) is 5. The van der Waals surface area contributed by atoms with Gasteiger partial charge in [0.15, 0.2) is 0 Å². The molecule has 1 atom stereocenters. The number of rotatable bonds is 6. The first-order chi connectivity index (χ1) is 10.0. The van der Waals surface area contributed by atoms with Crippen LogP contribution in [0.15, 0.2) is 29.2 Å². The number of sulfonamides is 1. The minimum absolute atomic E-state index is 0.171. The molecular formula is C14H22N2O4S. The van der Waals surface area contributed by atoms with Crippen LogP contribution in [0, 0.1) is 0 Å². The van der Waals surface area contributed by atoms with E-state index >= 15 is 0 Å². The van der Waals surface area contributed by atoms with Gasteiger partial charge in [-0.25, -0.2) is 8.42 Å². The van der Waals surface area contributed by atoms with Crippen LogP contribution in [0.4, 0.5) is 0 Å². The average Bonchev–Trinajstić information content (AvgIpc) is 2.48. The first-order valence-electron chi connectivity index (χ1n) is 6.99. The molecule has 1 aliphatic heterocycles. The number of nitrogens with zero attached hydrogens (tertiary/aromatic N) is 1. The van der Waals surface area contributed by atoms with Crippen LogP contribution < -0.4 is 10.1 Å². The number of hydrogen-bond donors (Lipinski definition) is 1. The second-order valence-corrected chi connectivity index (χ2v) is 6.97. The highest BCUT2D eigenvalue weighted by atomic mass is 32.2.